The molecule has 0 radical (unpaired) electrons. The minimum atomic E-state index is 0.0635. The average molecular weight is 334 g/mol. The monoisotopic (exact) mass is 334 g/mol. The van der Waals surface area contributed by atoms with Crippen LogP contribution in [-0.4, -0.2) is 61.6 Å². The van der Waals surface area contributed by atoms with Crippen molar-refractivity contribution < 1.29 is 14.3 Å². The van der Waals surface area contributed by atoms with Crippen LogP contribution in [0.5, 0.6) is 11.5 Å². The number of piperazine rings is 1. The summed E-state index contributed by atoms with van der Waals surface area (Å²) in [6, 6.07) is 5.42. The summed E-state index contributed by atoms with van der Waals surface area (Å²) < 4.78 is 11.1. The van der Waals surface area contributed by atoms with Gasteiger partial charge in [0.05, 0.1) is 13.2 Å². The Morgan fingerprint density at radius 1 is 1.08 bits per heavy atom. The molecule has 2 rings (SSSR count). The van der Waals surface area contributed by atoms with Crippen molar-refractivity contribution in [2.24, 2.45) is 5.92 Å². The van der Waals surface area contributed by atoms with Gasteiger partial charge in [-0.1, -0.05) is 13.8 Å². The molecule has 0 N–H and O–H groups in total. The minimum Gasteiger partial charge on any atom is -0.493 e. The minimum absolute atomic E-state index is 0.0635. The first-order valence-electron chi connectivity index (χ1n) is 8.77. The van der Waals surface area contributed by atoms with Crippen molar-refractivity contribution in [2.45, 2.75) is 33.8 Å². The lowest BCUT2D eigenvalue weighted by Gasteiger charge is -2.35. The summed E-state index contributed by atoms with van der Waals surface area (Å²) in [5.74, 6) is 2.00. The lowest BCUT2D eigenvalue weighted by molar-refractivity contribution is 0.0623. The average Bonchev–Trinajstić information content (AvgIpc) is 2.54. The summed E-state index contributed by atoms with van der Waals surface area (Å²) >= 11 is 0. The van der Waals surface area contributed by atoms with Crippen molar-refractivity contribution in [2.75, 3.05) is 39.8 Å². The van der Waals surface area contributed by atoms with Crippen molar-refractivity contribution in [3.63, 3.8) is 0 Å². The zero-order valence-corrected chi connectivity index (χ0v) is 15.5. The molecule has 0 atom stereocenters. The first-order chi connectivity index (χ1) is 11.4. The van der Waals surface area contributed by atoms with Crippen molar-refractivity contribution in [3.8, 4) is 11.5 Å². The molecule has 5 heteroatoms. The molecule has 1 saturated heterocycles. The molecule has 1 heterocycles. The van der Waals surface area contributed by atoms with Crippen molar-refractivity contribution >= 4 is 5.91 Å². The Balaban J connectivity index is 2.02. The van der Waals surface area contributed by atoms with Gasteiger partial charge in [0.25, 0.3) is 5.91 Å². The van der Waals surface area contributed by atoms with E-state index >= 15 is 0 Å². The molecule has 134 valence electrons. The van der Waals surface area contributed by atoms with E-state index in [2.05, 4.69) is 18.7 Å². The Bertz CT molecular complexity index is 550. The molecule has 0 spiro atoms. The number of rotatable bonds is 6. The second kappa shape index (κ2) is 8.38. The van der Waals surface area contributed by atoms with Gasteiger partial charge in [0.15, 0.2) is 11.5 Å². The fourth-order valence-corrected chi connectivity index (χ4v) is 2.98. The molecule has 0 saturated carbocycles. The van der Waals surface area contributed by atoms with Gasteiger partial charge in [-0.2, -0.15) is 0 Å². The number of methoxy groups -OCH3 is 1. The number of ether oxygens (including phenoxy) is 2. The first-order valence-corrected chi connectivity index (χ1v) is 8.77. The second-order valence-electron chi connectivity index (χ2n) is 7.02. The molecular weight excluding hydrogens is 304 g/mol. The van der Waals surface area contributed by atoms with Gasteiger partial charge in [-0.15, -0.1) is 0 Å². The molecule has 0 aliphatic carbocycles. The van der Waals surface area contributed by atoms with E-state index in [0.717, 1.165) is 32.7 Å². The van der Waals surface area contributed by atoms with Crippen LogP contribution in [0.4, 0.5) is 0 Å². The van der Waals surface area contributed by atoms with Crippen molar-refractivity contribution in [3.05, 3.63) is 23.8 Å². The molecule has 1 aliphatic heterocycles. The van der Waals surface area contributed by atoms with Crippen molar-refractivity contribution in [1.29, 1.82) is 0 Å². The number of hydrogen-bond donors (Lipinski definition) is 0. The van der Waals surface area contributed by atoms with Crippen molar-refractivity contribution in [1.82, 2.24) is 9.80 Å². The van der Waals surface area contributed by atoms with E-state index in [9.17, 15) is 4.79 Å². The fraction of sp³-hybridized carbons (Fsp3) is 0.632. The highest BCUT2D eigenvalue weighted by atomic mass is 16.5. The topological polar surface area (TPSA) is 42.0 Å². The summed E-state index contributed by atoms with van der Waals surface area (Å²) in [6.45, 7) is 12.9. The third-order valence-electron chi connectivity index (χ3n) is 4.06. The summed E-state index contributed by atoms with van der Waals surface area (Å²) in [6.07, 6.45) is 0.0643. The van der Waals surface area contributed by atoms with Gasteiger partial charge in [-0.3, -0.25) is 9.69 Å². The van der Waals surface area contributed by atoms with E-state index in [1.165, 1.54) is 0 Å². The van der Waals surface area contributed by atoms with E-state index in [0.29, 0.717) is 23.0 Å². The SMILES string of the molecule is COc1cc(C(=O)N2CCN(CC(C)C)CC2)ccc1OC(C)C. The summed E-state index contributed by atoms with van der Waals surface area (Å²) in [5.41, 5.74) is 0.653. The van der Waals surface area contributed by atoms with Gasteiger partial charge in [-0.05, 0) is 38.0 Å². The summed E-state index contributed by atoms with van der Waals surface area (Å²) in [7, 11) is 1.60. The molecule has 1 aliphatic rings. The number of carbonyl (C=O) groups excluding carboxylic acids is 1. The Labute approximate surface area is 145 Å². The van der Waals surface area contributed by atoms with E-state index in [4.69, 9.17) is 9.47 Å². The predicted molar refractivity (Wildman–Crippen MR) is 95.9 cm³/mol. The normalized spacial score (nSPS) is 15.9. The highest BCUT2D eigenvalue weighted by Crippen LogP contribution is 2.29. The zero-order valence-electron chi connectivity index (χ0n) is 15.5. The van der Waals surface area contributed by atoms with E-state index in [-0.39, 0.29) is 12.0 Å². The molecule has 0 aromatic heterocycles. The molecule has 24 heavy (non-hydrogen) atoms. The number of nitrogens with zero attached hydrogens (tertiary/aromatic N) is 2. The Morgan fingerprint density at radius 3 is 2.29 bits per heavy atom. The van der Waals surface area contributed by atoms with E-state index in [1.807, 2.05) is 30.9 Å². The molecule has 1 aromatic rings. The standard InChI is InChI=1S/C19H30N2O3/c1-14(2)13-20-8-10-21(11-9-20)19(22)16-6-7-17(24-15(3)4)18(12-16)23-5/h6-7,12,14-15H,8-11,13H2,1-5H3. The third-order valence-corrected chi connectivity index (χ3v) is 4.06. The Hall–Kier alpha value is -1.75. The second-order valence-corrected chi connectivity index (χ2v) is 7.02. The van der Waals surface area contributed by atoms with Crippen LogP contribution in [0.3, 0.4) is 0 Å². The van der Waals surface area contributed by atoms with Gasteiger partial charge >= 0.3 is 0 Å². The van der Waals surface area contributed by atoms with Crippen LogP contribution in [0.2, 0.25) is 0 Å². The van der Waals surface area contributed by atoms with E-state index in [1.54, 1.807) is 13.2 Å². The smallest absolute Gasteiger partial charge is 0.254 e. The van der Waals surface area contributed by atoms with E-state index < -0.39 is 0 Å². The van der Waals surface area contributed by atoms with Gasteiger partial charge < -0.3 is 14.4 Å². The molecular formula is C19H30N2O3. The van der Waals surface area contributed by atoms with Crippen LogP contribution in [0.25, 0.3) is 0 Å². The first kappa shape index (κ1) is 18.6. The molecule has 1 fully saturated rings. The lowest BCUT2D eigenvalue weighted by atomic mass is 10.1. The summed E-state index contributed by atoms with van der Waals surface area (Å²) in [4.78, 5) is 17.1. The highest BCUT2D eigenvalue weighted by Gasteiger charge is 2.23. The molecule has 0 bridgehead atoms. The molecule has 1 amide bonds. The maximum Gasteiger partial charge on any atom is 0.254 e. The zero-order chi connectivity index (χ0) is 17.7. The maximum absolute atomic E-state index is 12.7. The van der Waals surface area contributed by atoms with Crippen LogP contribution < -0.4 is 9.47 Å². The number of amides is 1. The maximum atomic E-state index is 12.7. The van der Waals surface area contributed by atoms with Gasteiger partial charge in [-0.25, -0.2) is 0 Å². The van der Waals surface area contributed by atoms with Crippen LogP contribution in [0.15, 0.2) is 18.2 Å². The van der Waals surface area contributed by atoms with Gasteiger partial charge in [0, 0.05) is 38.3 Å². The highest BCUT2D eigenvalue weighted by molar-refractivity contribution is 5.95. The Kier molecular flexibility index (Phi) is 6.49. The Morgan fingerprint density at radius 2 is 1.75 bits per heavy atom. The number of hydrogen-bond acceptors (Lipinski definition) is 4. The van der Waals surface area contributed by atoms with Crippen LogP contribution in [0, 0.1) is 5.92 Å². The van der Waals surface area contributed by atoms with Crippen LogP contribution in [0.1, 0.15) is 38.1 Å². The van der Waals surface area contributed by atoms with Crippen LogP contribution >= 0.6 is 0 Å². The lowest BCUT2D eigenvalue weighted by Crippen LogP contribution is -2.49. The number of benzene rings is 1. The largest absolute Gasteiger partial charge is 0.493 e. The molecule has 0 unspecified atom stereocenters. The predicted octanol–water partition coefficient (Wildman–Crippen LogP) is 2.90. The molecule has 5 nitrogen and oxygen atoms in total. The fourth-order valence-electron chi connectivity index (χ4n) is 2.98. The van der Waals surface area contributed by atoms with Gasteiger partial charge in [0.2, 0.25) is 0 Å². The third kappa shape index (κ3) is 4.87. The molecule has 1 aromatic carbocycles. The number of carbonyl (C=O) groups is 1. The summed E-state index contributed by atoms with van der Waals surface area (Å²) in [5, 5.41) is 0. The quantitative estimate of drug-likeness (QED) is 0.802. The van der Waals surface area contributed by atoms with Crippen LogP contribution in [-0.2, 0) is 0 Å². The van der Waals surface area contributed by atoms with Gasteiger partial charge in [0.1, 0.15) is 0 Å².